The Morgan fingerprint density at radius 3 is 2.56 bits per heavy atom. The Balaban J connectivity index is 3.04. The molecular formula is C8H17N. The zero-order chi connectivity index (χ0) is 7.11. The number of allylic oxidation sites excluding steroid dienone is 2. The molecule has 0 bridgehead atoms. The van der Waals surface area contributed by atoms with Gasteiger partial charge in [-0.05, 0) is 25.3 Å². The second-order valence-electron chi connectivity index (χ2n) is 2.60. The fourth-order valence-corrected chi connectivity index (χ4v) is 0.604. The summed E-state index contributed by atoms with van der Waals surface area (Å²) in [6.45, 7) is 5.17. The first-order valence-corrected chi connectivity index (χ1v) is 3.64. The van der Waals surface area contributed by atoms with Crippen molar-refractivity contribution < 1.29 is 0 Å². The standard InChI is InChI=1S/C8H17N/c1-8(2)6-4-3-5-7-9/h4,6,8H,3,5,7,9H2,1-2H3. The monoisotopic (exact) mass is 127 g/mol. The Morgan fingerprint density at radius 2 is 2.11 bits per heavy atom. The van der Waals surface area contributed by atoms with Crippen molar-refractivity contribution in [2.75, 3.05) is 6.54 Å². The predicted molar refractivity (Wildman–Crippen MR) is 42.3 cm³/mol. The molecule has 0 spiro atoms. The molecule has 0 aliphatic carbocycles. The van der Waals surface area contributed by atoms with Crippen LogP contribution in [0.4, 0.5) is 0 Å². The van der Waals surface area contributed by atoms with Crippen LogP contribution in [0.3, 0.4) is 0 Å². The third-order valence-electron chi connectivity index (χ3n) is 1.10. The Labute approximate surface area is 57.9 Å². The van der Waals surface area contributed by atoms with E-state index in [-0.39, 0.29) is 0 Å². The van der Waals surface area contributed by atoms with Crippen LogP contribution in [-0.4, -0.2) is 6.54 Å². The van der Waals surface area contributed by atoms with Gasteiger partial charge in [0.25, 0.3) is 0 Å². The zero-order valence-electron chi connectivity index (χ0n) is 6.43. The van der Waals surface area contributed by atoms with Gasteiger partial charge in [-0.2, -0.15) is 0 Å². The van der Waals surface area contributed by atoms with Crippen LogP contribution in [0.1, 0.15) is 26.7 Å². The highest BCUT2D eigenvalue weighted by atomic mass is 14.5. The van der Waals surface area contributed by atoms with Gasteiger partial charge >= 0.3 is 0 Å². The molecule has 0 saturated heterocycles. The second-order valence-corrected chi connectivity index (χ2v) is 2.60. The SMILES string of the molecule is CC(C)C=CCCCN. The van der Waals surface area contributed by atoms with Gasteiger partial charge in [-0.1, -0.05) is 26.0 Å². The van der Waals surface area contributed by atoms with Gasteiger partial charge in [-0.3, -0.25) is 0 Å². The molecule has 0 aromatic rings. The number of hydrogen-bond acceptors (Lipinski definition) is 1. The fraction of sp³-hybridized carbons (Fsp3) is 0.750. The number of unbranched alkanes of at least 4 members (excludes halogenated alkanes) is 1. The van der Waals surface area contributed by atoms with Gasteiger partial charge in [-0.15, -0.1) is 0 Å². The lowest BCUT2D eigenvalue weighted by molar-refractivity contribution is 0.806. The summed E-state index contributed by atoms with van der Waals surface area (Å²) in [5, 5.41) is 0. The molecule has 0 radical (unpaired) electrons. The van der Waals surface area contributed by atoms with Crippen molar-refractivity contribution in [3.8, 4) is 0 Å². The van der Waals surface area contributed by atoms with E-state index in [1.807, 2.05) is 0 Å². The van der Waals surface area contributed by atoms with Crippen molar-refractivity contribution in [3.63, 3.8) is 0 Å². The highest BCUT2D eigenvalue weighted by Gasteiger charge is 1.82. The number of rotatable bonds is 4. The van der Waals surface area contributed by atoms with Crippen LogP contribution >= 0.6 is 0 Å². The van der Waals surface area contributed by atoms with Gasteiger partial charge in [0.2, 0.25) is 0 Å². The minimum atomic E-state index is 0.683. The molecule has 0 fully saturated rings. The van der Waals surface area contributed by atoms with Crippen LogP contribution in [0.2, 0.25) is 0 Å². The maximum Gasteiger partial charge on any atom is -0.00743 e. The van der Waals surface area contributed by atoms with Crippen LogP contribution in [0.5, 0.6) is 0 Å². The minimum absolute atomic E-state index is 0.683. The Morgan fingerprint density at radius 1 is 1.44 bits per heavy atom. The van der Waals surface area contributed by atoms with Gasteiger partial charge in [0, 0.05) is 0 Å². The molecule has 0 atom stereocenters. The highest BCUT2D eigenvalue weighted by Crippen LogP contribution is 1.96. The summed E-state index contributed by atoms with van der Waals surface area (Å²) in [4.78, 5) is 0. The van der Waals surface area contributed by atoms with Gasteiger partial charge in [0.05, 0.1) is 0 Å². The summed E-state index contributed by atoms with van der Waals surface area (Å²) in [5.74, 6) is 0.683. The van der Waals surface area contributed by atoms with E-state index in [1.54, 1.807) is 0 Å². The first-order chi connectivity index (χ1) is 4.27. The largest absolute Gasteiger partial charge is 0.330 e. The Bertz CT molecular complexity index is 74.6. The van der Waals surface area contributed by atoms with Crippen molar-refractivity contribution in [2.45, 2.75) is 26.7 Å². The van der Waals surface area contributed by atoms with Crippen molar-refractivity contribution >= 4 is 0 Å². The van der Waals surface area contributed by atoms with E-state index in [2.05, 4.69) is 26.0 Å². The normalized spacial score (nSPS) is 11.6. The molecule has 0 aromatic carbocycles. The molecule has 2 N–H and O–H groups in total. The van der Waals surface area contributed by atoms with Crippen LogP contribution in [0.15, 0.2) is 12.2 Å². The maximum absolute atomic E-state index is 5.31. The van der Waals surface area contributed by atoms with Crippen LogP contribution in [0.25, 0.3) is 0 Å². The molecule has 0 amide bonds. The van der Waals surface area contributed by atoms with Gasteiger partial charge in [-0.25, -0.2) is 0 Å². The Kier molecular flexibility index (Phi) is 5.64. The topological polar surface area (TPSA) is 26.0 Å². The average molecular weight is 127 g/mol. The van der Waals surface area contributed by atoms with E-state index in [9.17, 15) is 0 Å². The van der Waals surface area contributed by atoms with Crippen LogP contribution in [-0.2, 0) is 0 Å². The molecule has 1 nitrogen and oxygen atoms in total. The quantitative estimate of drug-likeness (QED) is 0.453. The molecule has 1 heteroatoms. The van der Waals surface area contributed by atoms with E-state index in [1.165, 1.54) is 0 Å². The van der Waals surface area contributed by atoms with Crippen LogP contribution in [0, 0.1) is 5.92 Å². The third kappa shape index (κ3) is 7.70. The van der Waals surface area contributed by atoms with Crippen molar-refractivity contribution in [2.24, 2.45) is 11.7 Å². The summed E-state index contributed by atoms with van der Waals surface area (Å²) < 4.78 is 0. The van der Waals surface area contributed by atoms with E-state index in [0.717, 1.165) is 19.4 Å². The first-order valence-electron chi connectivity index (χ1n) is 3.64. The van der Waals surface area contributed by atoms with E-state index >= 15 is 0 Å². The second kappa shape index (κ2) is 5.83. The molecule has 54 valence electrons. The molecular weight excluding hydrogens is 110 g/mol. The van der Waals surface area contributed by atoms with E-state index < -0.39 is 0 Å². The summed E-state index contributed by atoms with van der Waals surface area (Å²) in [7, 11) is 0. The van der Waals surface area contributed by atoms with Crippen molar-refractivity contribution in [1.82, 2.24) is 0 Å². The summed E-state index contributed by atoms with van der Waals surface area (Å²) in [6, 6.07) is 0. The number of hydrogen-bond donors (Lipinski definition) is 1. The Hall–Kier alpha value is -0.300. The van der Waals surface area contributed by atoms with Crippen molar-refractivity contribution in [3.05, 3.63) is 12.2 Å². The first kappa shape index (κ1) is 8.70. The molecule has 0 heterocycles. The lowest BCUT2D eigenvalue weighted by atomic mass is 10.2. The average Bonchev–Trinajstić information content (AvgIpc) is 1.80. The van der Waals surface area contributed by atoms with E-state index in [0.29, 0.717) is 5.92 Å². The molecule has 0 aromatic heterocycles. The fourth-order valence-electron chi connectivity index (χ4n) is 0.604. The lowest BCUT2D eigenvalue weighted by Gasteiger charge is -1.92. The third-order valence-corrected chi connectivity index (χ3v) is 1.10. The summed E-state index contributed by atoms with van der Waals surface area (Å²) in [5.41, 5.74) is 5.31. The van der Waals surface area contributed by atoms with Gasteiger partial charge < -0.3 is 5.73 Å². The lowest BCUT2D eigenvalue weighted by Crippen LogP contribution is -1.96. The summed E-state index contributed by atoms with van der Waals surface area (Å²) in [6.07, 6.45) is 6.67. The van der Waals surface area contributed by atoms with Crippen molar-refractivity contribution in [1.29, 1.82) is 0 Å². The molecule has 0 saturated carbocycles. The van der Waals surface area contributed by atoms with Gasteiger partial charge in [0.1, 0.15) is 0 Å². The molecule has 0 unspecified atom stereocenters. The minimum Gasteiger partial charge on any atom is -0.330 e. The smallest absolute Gasteiger partial charge is 0.00743 e. The molecule has 0 rings (SSSR count). The predicted octanol–water partition coefficient (Wildman–Crippen LogP) is 1.94. The highest BCUT2D eigenvalue weighted by molar-refractivity contribution is 4.83. The molecule has 0 aliphatic heterocycles. The summed E-state index contributed by atoms with van der Waals surface area (Å²) >= 11 is 0. The molecule has 0 aliphatic rings. The number of nitrogens with two attached hydrogens (primary N) is 1. The maximum atomic E-state index is 5.31. The van der Waals surface area contributed by atoms with Crippen LogP contribution < -0.4 is 5.73 Å². The zero-order valence-corrected chi connectivity index (χ0v) is 6.43. The molecule has 9 heavy (non-hydrogen) atoms. The van der Waals surface area contributed by atoms with Gasteiger partial charge in [0.15, 0.2) is 0 Å². The van der Waals surface area contributed by atoms with E-state index in [4.69, 9.17) is 5.73 Å².